The first-order chi connectivity index (χ1) is 15.0. The van der Waals surface area contributed by atoms with Crippen molar-refractivity contribution in [1.29, 1.82) is 0 Å². The predicted molar refractivity (Wildman–Crippen MR) is 118 cm³/mol. The zero-order chi connectivity index (χ0) is 23.9. The van der Waals surface area contributed by atoms with Gasteiger partial charge in [0.2, 0.25) is 11.8 Å². The molecule has 32 heavy (non-hydrogen) atoms. The average Bonchev–Trinajstić information content (AvgIpc) is 2.75. The van der Waals surface area contributed by atoms with Crippen molar-refractivity contribution in [3.8, 4) is 11.5 Å². The lowest BCUT2D eigenvalue weighted by Crippen LogP contribution is -2.60. The molecule has 2 amide bonds. The third-order valence-electron chi connectivity index (χ3n) is 4.90. The zero-order valence-electron chi connectivity index (χ0n) is 18.3. The van der Waals surface area contributed by atoms with Crippen molar-refractivity contribution in [2.45, 2.75) is 44.3 Å². The van der Waals surface area contributed by atoms with Gasteiger partial charge in [0.25, 0.3) is 0 Å². The molecule has 0 spiro atoms. The highest BCUT2D eigenvalue weighted by Crippen LogP contribution is 2.14. The van der Waals surface area contributed by atoms with Crippen LogP contribution in [0.1, 0.15) is 25.0 Å². The number of phenols is 2. The Balaban J connectivity index is 2.02. The fraction of sp³-hybridized carbons (Fsp3) is 0.348. The molecule has 2 atom stereocenters. The summed E-state index contributed by atoms with van der Waals surface area (Å²) in [5.41, 5.74) is 6.08. The van der Waals surface area contributed by atoms with Gasteiger partial charge in [0.15, 0.2) is 0 Å². The second kappa shape index (κ2) is 10.6. The molecule has 2 aromatic rings. The molecule has 0 aliphatic heterocycles. The summed E-state index contributed by atoms with van der Waals surface area (Å²) in [5, 5.41) is 24.0. The summed E-state index contributed by atoms with van der Waals surface area (Å²) >= 11 is 0. The molecule has 0 aliphatic rings. The van der Waals surface area contributed by atoms with Crippen molar-refractivity contribution >= 4 is 17.8 Å². The molecule has 2 rings (SSSR count). The summed E-state index contributed by atoms with van der Waals surface area (Å²) in [4.78, 5) is 37.6. The number of carbonyl (C=O) groups is 3. The van der Waals surface area contributed by atoms with Gasteiger partial charge >= 0.3 is 5.97 Å². The first-order valence-electron chi connectivity index (χ1n) is 10.0. The van der Waals surface area contributed by atoms with E-state index in [0.29, 0.717) is 5.56 Å². The van der Waals surface area contributed by atoms with Crippen molar-refractivity contribution in [1.82, 2.24) is 10.6 Å². The SMILES string of the molecule is COC(=O)[C@H](Cc1ccc(O)cc1)NC(=O)C(C)(C)NC(=O)[C@@H](N)Cc1ccc(O)cc1. The molecule has 0 unspecified atom stereocenters. The van der Waals surface area contributed by atoms with Crippen molar-refractivity contribution < 1.29 is 29.3 Å². The van der Waals surface area contributed by atoms with Crippen LogP contribution in [0.4, 0.5) is 0 Å². The number of hydrogen-bond acceptors (Lipinski definition) is 7. The molecule has 0 aromatic heterocycles. The van der Waals surface area contributed by atoms with E-state index in [1.54, 1.807) is 24.3 Å². The van der Waals surface area contributed by atoms with Crippen LogP contribution >= 0.6 is 0 Å². The summed E-state index contributed by atoms with van der Waals surface area (Å²) in [7, 11) is 1.22. The number of ether oxygens (including phenoxy) is 1. The number of carbonyl (C=O) groups excluding carboxylic acids is 3. The third-order valence-corrected chi connectivity index (χ3v) is 4.90. The summed E-state index contributed by atoms with van der Waals surface area (Å²) in [6, 6.07) is 10.6. The Kier molecular flexibility index (Phi) is 8.20. The lowest BCUT2D eigenvalue weighted by Gasteiger charge is -2.29. The number of amides is 2. The minimum absolute atomic E-state index is 0.0832. The molecule has 0 heterocycles. The molecule has 0 radical (unpaired) electrons. The highest BCUT2D eigenvalue weighted by molar-refractivity contribution is 5.94. The first-order valence-corrected chi connectivity index (χ1v) is 10.0. The van der Waals surface area contributed by atoms with Crippen molar-refractivity contribution in [3.63, 3.8) is 0 Å². The molecular formula is C23H29N3O6. The van der Waals surface area contributed by atoms with Crippen LogP contribution in [0.15, 0.2) is 48.5 Å². The second-order valence-corrected chi connectivity index (χ2v) is 8.01. The zero-order valence-corrected chi connectivity index (χ0v) is 18.3. The van der Waals surface area contributed by atoms with Gasteiger partial charge in [0.05, 0.1) is 13.2 Å². The first kappa shape index (κ1) is 24.7. The van der Waals surface area contributed by atoms with Gasteiger partial charge in [-0.25, -0.2) is 4.79 Å². The minimum atomic E-state index is -1.36. The second-order valence-electron chi connectivity index (χ2n) is 8.01. The maximum atomic E-state index is 12.9. The number of nitrogens with one attached hydrogen (secondary N) is 2. The maximum Gasteiger partial charge on any atom is 0.328 e. The lowest BCUT2D eigenvalue weighted by atomic mass is 9.99. The number of nitrogens with two attached hydrogens (primary N) is 1. The molecule has 9 nitrogen and oxygen atoms in total. The minimum Gasteiger partial charge on any atom is -0.508 e. The smallest absolute Gasteiger partial charge is 0.328 e. The van der Waals surface area contributed by atoms with Crippen LogP contribution in [-0.4, -0.2) is 52.7 Å². The van der Waals surface area contributed by atoms with Gasteiger partial charge in [-0.05, 0) is 55.7 Å². The molecule has 2 aromatic carbocycles. The van der Waals surface area contributed by atoms with Crippen LogP contribution < -0.4 is 16.4 Å². The summed E-state index contributed by atoms with van der Waals surface area (Å²) < 4.78 is 4.79. The Morgan fingerprint density at radius 1 is 0.938 bits per heavy atom. The molecular weight excluding hydrogens is 414 g/mol. The molecule has 0 aliphatic carbocycles. The van der Waals surface area contributed by atoms with E-state index in [0.717, 1.165) is 5.56 Å². The Morgan fingerprint density at radius 2 is 1.41 bits per heavy atom. The van der Waals surface area contributed by atoms with Crippen LogP contribution in [0.2, 0.25) is 0 Å². The fourth-order valence-electron chi connectivity index (χ4n) is 2.98. The van der Waals surface area contributed by atoms with Gasteiger partial charge in [-0.15, -0.1) is 0 Å². The van der Waals surface area contributed by atoms with Crippen molar-refractivity contribution in [2.24, 2.45) is 5.73 Å². The van der Waals surface area contributed by atoms with Gasteiger partial charge < -0.3 is 31.3 Å². The number of phenolic OH excluding ortho intramolecular Hbond substituents is 2. The largest absolute Gasteiger partial charge is 0.508 e. The molecule has 0 fully saturated rings. The molecule has 0 saturated carbocycles. The van der Waals surface area contributed by atoms with E-state index in [4.69, 9.17) is 10.5 Å². The Labute approximate surface area is 186 Å². The van der Waals surface area contributed by atoms with E-state index in [9.17, 15) is 24.6 Å². The summed E-state index contributed by atoms with van der Waals surface area (Å²) in [6.07, 6.45) is 0.360. The molecule has 9 heteroatoms. The average molecular weight is 444 g/mol. The normalized spacial score (nSPS) is 13.0. The highest BCUT2D eigenvalue weighted by Gasteiger charge is 2.34. The number of benzene rings is 2. The van der Waals surface area contributed by atoms with E-state index in [1.165, 1.54) is 45.2 Å². The van der Waals surface area contributed by atoms with E-state index < -0.39 is 35.4 Å². The number of rotatable bonds is 9. The van der Waals surface area contributed by atoms with Crippen molar-refractivity contribution in [3.05, 3.63) is 59.7 Å². The summed E-state index contributed by atoms with van der Waals surface area (Å²) in [6.45, 7) is 3.00. The van der Waals surface area contributed by atoms with Crippen LogP contribution in [0.5, 0.6) is 11.5 Å². The molecule has 0 saturated heterocycles. The Bertz CT molecular complexity index is 941. The Morgan fingerprint density at radius 3 is 1.88 bits per heavy atom. The van der Waals surface area contributed by atoms with E-state index in [1.807, 2.05) is 0 Å². The fourth-order valence-corrected chi connectivity index (χ4v) is 2.98. The van der Waals surface area contributed by atoms with Crippen LogP contribution in [0.3, 0.4) is 0 Å². The van der Waals surface area contributed by atoms with E-state index in [2.05, 4.69) is 10.6 Å². The molecule has 0 bridgehead atoms. The number of hydrogen-bond donors (Lipinski definition) is 5. The van der Waals surface area contributed by atoms with Gasteiger partial charge in [-0.3, -0.25) is 9.59 Å². The van der Waals surface area contributed by atoms with Crippen LogP contribution in [0.25, 0.3) is 0 Å². The third kappa shape index (κ3) is 6.98. The van der Waals surface area contributed by atoms with Crippen LogP contribution in [0, 0.1) is 0 Å². The predicted octanol–water partition coefficient (Wildman–Crippen LogP) is 0.763. The molecule has 6 N–H and O–H groups in total. The maximum absolute atomic E-state index is 12.9. The quantitative estimate of drug-likeness (QED) is 0.359. The van der Waals surface area contributed by atoms with Crippen molar-refractivity contribution in [2.75, 3.05) is 7.11 Å². The standard InChI is InChI=1S/C23H29N3O6/c1-23(2,26-20(29)18(24)12-14-4-8-16(27)9-5-14)22(31)25-19(21(30)32-3)13-15-6-10-17(28)11-7-15/h4-11,18-19,27-28H,12-13,24H2,1-3H3,(H,25,31)(H,26,29)/t18-,19-/m0/s1. The van der Waals surface area contributed by atoms with Gasteiger partial charge in [-0.2, -0.15) is 0 Å². The topological polar surface area (TPSA) is 151 Å². The lowest BCUT2D eigenvalue weighted by molar-refractivity contribution is -0.146. The highest BCUT2D eigenvalue weighted by atomic mass is 16.5. The Hall–Kier alpha value is -3.59. The van der Waals surface area contributed by atoms with Crippen LogP contribution in [-0.2, 0) is 32.0 Å². The summed E-state index contributed by atoms with van der Waals surface area (Å²) in [5.74, 6) is -1.57. The van der Waals surface area contributed by atoms with Gasteiger partial charge in [0, 0.05) is 6.42 Å². The van der Waals surface area contributed by atoms with Gasteiger partial charge in [-0.1, -0.05) is 24.3 Å². The monoisotopic (exact) mass is 443 g/mol. The molecule has 172 valence electrons. The van der Waals surface area contributed by atoms with Gasteiger partial charge in [0.1, 0.15) is 23.1 Å². The number of aromatic hydroxyl groups is 2. The van der Waals surface area contributed by atoms with E-state index in [-0.39, 0.29) is 24.3 Å². The number of esters is 1. The van der Waals surface area contributed by atoms with E-state index >= 15 is 0 Å². The number of methoxy groups -OCH3 is 1.